The zero-order valence-electron chi connectivity index (χ0n) is 17.4. The molecule has 0 aliphatic heterocycles. The number of carboxylic acids is 1. The van der Waals surface area contributed by atoms with E-state index < -0.39 is 11.5 Å². The molecule has 3 aromatic rings. The van der Waals surface area contributed by atoms with Gasteiger partial charge in [0.05, 0.1) is 25.8 Å². The number of nitrogens with one attached hydrogen (secondary N) is 1. The monoisotopic (exact) mass is 408 g/mol. The Morgan fingerprint density at radius 2 is 1.87 bits per heavy atom. The molecule has 0 atom stereocenters. The van der Waals surface area contributed by atoms with Crippen LogP contribution in [0.25, 0.3) is 12.2 Å². The van der Waals surface area contributed by atoms with E-state index in [4.69, 9.17) is 9.84 Å². The number of carbonyl (C=O) groups is 1. The molecule has 0 spiro atoms. The summed E-state index contributed by atoms with van der Waals surface area (Å²) >= 11 is 0. The number of aromatic amines is 1. The van der Waals surface area contributed by atoms with E-state index in [1.165, 1.54) is 0 Å². The highest BCUT2D eigenvalue weighted by atomic mass is 16.5. The van der Waals surface area contributed by atoms with Gasteiger partial charge >= 0.3 is 5.97 Å². The maximum absolute atomic E-state index is 12.2. The molecule has 0 unspecified atom stereocenters. The van der Waals surface area contributed by atoms with Gasteiger partial charge in [-0.2, -0.15) is 5.10 Å². The van der Waals surface area contributed by atoms with Gasteiger partial charge in [-0.15, -0.1) is 0 Å². The molecule has 30 heavy (non-hydrogen) atoms. The van der Waals surface area contributed by atoms with E-state index >= 15 is 0 Å². The summed E-state index contributed by atoms with van der Waals surface area (Å²) in [4.78, 5) is 30.0. The van der Waals surface area contributed by atoms with Crippen molar-refractivity contribution >= 4 is 18.1 Å². The number of hydrogen-bond donors (Lipinski definition) is 2. The van der Waals surface area contributed by atoms with Crippen LogP contribution in [-0.2, 0) is 17.8 Å². The van der Waals surface area contributed by atoms with Crippen LogP contribution in [0.4, 0.5) is 0 Å². The quantitative estimate of drug-likeness (QED) is 0.622. The third-order valence-corrected chi connectivity index (χ3v) is 4.91. The lowest BCUT2D eigenvalue weighted by molar-refractivity contribution is -0.136. The van der Waals surface area contributed by atoms with Crippen LogP contribution in [0.2, 0.25) is 0 Å². The van der Waals surface area contributed by atoms with E-state index in [0.717, 1.165) is 28.3 Å². The lowest BCUT2D eigenvalue weighted by atomic mass is 10.1. The molecule has 0 radical (unpaired) electrons. The van der Waals surface area contributed by atoms with Crippen LogP contribution in [0.5, 0.6) is 5.75 Å². The fourth-order valence-electron chi connectivity index (χ4n) is 3.24. The highest BCUT2D eigenvalue weighted by Crippen LogP contribution is 2.19. The summed E-state index contributed by atoms with van der Waals surface area (Å²) in [7, 11) is 1.64. The Kier molecular flexibility index (Phi) is 6.15. The highest BCUT2D eigenvalue weighted by molar-refractivity contribution is 5.71. The molecule has 8 nitrogen and oxygen atoms in total. The third kappa shape index (κ3) is 4.65. The molecular weight excluding hydrogens is 384 g/mol. The van der Waals surface area contributed by atoms with Gasteiger partial charge in [0.1, 0.15) is 11.6 Å². The number of benzene rings is 1. The molecule has 0 fully saturated rings. The molecule has 0 aliphatic carbocycles. The van der Waals surface area contributed by atoms with Crippen LogP contribution in [0, 0.1) is 20.8 Å². The zero-order valence-corrected chi connectivity index (χ0v) is 17.4. The summed E-state index contributed by atoms with van der Waals surface area (Å²) in [6.45, 7) is 6.17. The number of aliphatic carboxylic acids is 1. The summed E-state index contributed by atoms with van der Waals surface area (Å²) in [5.74, 6) is 0.111. The molecule has 156 valence electrons. The Morgan fingerprint density at radius 3 is 2.47 bits per heavy atom. The Hall–Kier alpha value is -3.68. The van der Waals surface area contributed by atoms with Crippen molar-refractivity contribution in [3.63, 3.8) is 0 Å². The van der Waals surface area contributed by atoms with Gasteiger partial charge < -0.3 is 14.8 Å². The van der Waals surface area contributed by atoms with Gasteiger partial charge in [-0.25, -0.2) is 4.98 Å². The van der Waals surface area contributed by atoms with Gasteiger partial charge in [0, 0.05) is 22.5 Å². The molecule has 2 N–H and O–H groups in total. The largest absolute Gasteiger partial charge is 0.497 e. The Balaban J connectivity index is 1.84. The first-order valence-electron chi connectivity index (χ1n) is 9.45. The van der Waals surface area contributed by atoms with E-state index in [9.17, 15) is 9.59 Å². The van der Waals surface area contributed by atoms with Crippen molar-refractivity contribution in [3.05, 3.63) is 74.2 Å². The molecule has 3 rings (SSSR count). The molecule has 0 amide bonds. The average Bonchev–Trinajstić information content (AvgIpc) is 2.96. The first-order valence-corrected chi connectivity index (χ1v) is 9.45. The summed E-state index contributed by atoms with van der Waals surface area (Å²) in [5, 5.41) is 13.5. The second-order valence-corrected chi connectivity index (χ2v) is 7.01. The van der Waals surface area contributed by atoms with Crippen molar-refractivity contribution in [1.82, 2.24) is 19.7 Å². The molecule has 0 saturated heterocycles. The predicted octanol–water partition coefficient (Wildman–Crippen LogP) is 2.75. The number of H-pyrrole nitrogens is 1. The number of ether oxygens (including phenoxy) is 1. The van der Waals surface area contributed by atoms with E-state index in [-0.39, 0.29) is 12.0 Å². The number of methoxy groups -OCH3 is 1. The van der Waals surface area contributed by atoms with Crippen molar-refractivity contribution in [2.24, 2.45) is 0 Å². The number of nitrogens with zero attached hydrogens (tertiary/aromatic N) is 3. The first kappa shape index (κ1) is 21.0. The minimum Gasteiger partial charge on any atom is -0.497 e. The molecule has 8 heteroatoms. The third-order valence-electron chi connectivity index (χ3n) is 4.91. The van der Waals surface area contributed by atoms with Crippen molar-refractivity contribution in [2.75, 3.05) is 7.11 Å². The fourth-order valence-corrected chi connectivity index (χ4v) is 3.24. The minimum atomic E-state index is -1.07. The number of rotatable bonds is 7. The van der Waals surface area contributed by atoms with Crippen molar-refractivity contribution in [2.45, 2.75) is 33.7 Å². The van der Waals surface area contributed by atoms with Gasteiger partial charge in [0.25, 0.3) is 5.56 Å². The molecule has 2 aromatic heterocycles. The van der Waals surface area contributed by atoms with Crippen molar-refractivity contribution in [3.8, 4) is 5.75 Å². The minimum absolute atomic E-state index is 0.166. The molecule has 0 saturated carbocycles. The van der Waals surface area contributed by atoms with Crippen LogP contribution in [0.15, 0.2) is 29.1 Å². The maximum Gasteiger partial charge on any atom is 0.308 e. The van der Waals surface area contributed by atoms with Gasteiger partial charge in [0.15, 0.2) is 0 Å². The van der Waals surface area contributed by atoms with Crippen LogP contribution in [0.3, 0.4) is 0 Å². The fraction of sp³-hybridized carbons (Fsp3) is 0.273. The van der Waals surface area contributed by atoms with Gasteiger partial charge in [0.2, 0.25) is 0 Å². The van der Waals surface area contributed by atoms with E-state index in [1.807, 2.05) is 48.9 Å². The lowest BCUT2D eigenvalue weighted by Crippen LogP contribution is -2.20. The van der Waals surface area contributed by atoms with Crippen LogP contribution in [-0.4, -0.2) is 37.9 Å². The smallest absolute Gasteiger partial charge is 0.308 e. The van der Waals surface area contributed by atoms with Crippen LogP contribution in [0.1, 0.15) is 39.6 Å². The van der Waals surface area contributed by atoms with Gasteiger partial charge in [-0.3, -0.25) is 14.3 Å². The summed E-state index contributed by atoms with van der Waals surface area (Å²) in [6, 6.07) is 7.84. The van der Waals surface area contributed by atoms with E-state index in [2.05, 4.69) is 15.1 Å². The lowest BCUT2D eigenvalue weighted by Gasteiger charge is -2.06. The molecule has 0 aliphatic rings. The molecule has 1 aromatic carbocycles. The highest BCUT2D eigenvalue weighted by Gasteiger charge is 2.12. The SMILES string of the molecule is COc1ccc(Cn2nc(C)c(/C=C/c3nc(C)c(CC(=O)O)c(=O)[nH]3)c2C)cc1. The van der Waals surface area contributed by atoms with Crippen LogP contribution < -0.4 is 10.3 Å². The normalized spacial score (nSPS) is 11.2. The molecule has 2 heterocycles. The summed E-state index contributed by atoms with van der Waals surface area (Å²) in [5.41, 5.74) is 4.03. The number of aryl methyl sites for hydroxylation is 2. The van der Waals surface area contributed by atoms with Crippen molar-refractivity contribution in [1.29, 1.82) is 0 Å². The summed E-state index contributed by atoms with van der Waals surface area (Å²) < 4.78 is 7.12. The standard InChI is InChI=1S/C22H24N4O4/c1-13-19(11-21(27)28)22(29)24-20(23-13)10-9-18-14(2)25-26(15(18)3)12-16-5-7-17(30-4)8-6-16/h5-10H,11-12H2,1-4H3,(H,27,28)(H,23,24,29)/b10-9+. The predicted molar refractivity (Wildman–Crippen MR) is 114 cm³/mol. The Labute approximate surface area is 173 Å². The zero-order chi connectivity index (χ0) is 21.8. The number of aromatic nitrogens is 4. The Morgan fingerprint density at radius 1 is 1.17 bits per heavy atom. The van der Waals surface area contributed by atoms with Gasteiger partial charge in [-0.05, 0) is 50.6 Å². The average molecular weight is 408 g/mol. The molecule has 0 bridgehead atoms. The summed E-state index contributed by atoms with van der Waals surface area (Å²) in [6.07, 6.45) is 3.21. The molecular formula is C22H24N4O4. The Bertz CT molecular complexity index is 1160. The number of hydrogen-bond acceptors (Lipinski definition) is 5. The van der Waals surface area contributed by atoms with E-state index in [1.54, 1.807) is 20.1 Å². The number of carboxylic acid groups (broad SMARTS) is 1. The maximum atomic E-state index is 12.2. The van der Waals surface area contributed by atoms with Crippen LogP contribution >= 0.6 is 0 Å². The second kappa shape index (κ2) is 8.77. The first-order chi connectivity index (χ1) is 14.3. The van der Waals surface area contributed by atoms with Gasteiger partial charge in [-0.1, -0.05) is 12.1 Å². The van der Waals surface area contributed by atoms with Crippen molar-refractivity contribution < 1.29 is 14.6 Å². The van der Waals surface area contributed by atoms with E-state index in [0.29, 0.717) is 18.1 Å². The second-order valence-electron chi connectivity index (χ2n) is 7.01. The topological polar surface area (TPSA) is 110 Å².